The Labute approximate surface area is 104 Å². The molecule has 1 aliphatic heterocycles. The molecule has 0 aliphatic carbocycles. The molecule has 0 spiro atoms. The lowest BCUT2D eigenvalue weighted by Gasteiger charge is -1.98. The molecule has 1 fully saturated rings. The third-order valence-corrected chi connectivity index (χ3v) is 3.02. The van der Waals surface area contributed by atoms with E-state index in [0.717, 1.165) is 38.2 Å². The molecule has 7 heteroatoms. The smallest absolute Gasteiger partial charge is 0.226 e. The molecule has 3 heterocycles. The summed E-state index contributed by atoms with van der Waals surface area (Å²) in [6.45, 7) is 2.31. The van der Waals surface area contributed by atoms with Gasteiger partial charge < -0.3 is 9.26 Å². The summed E-state index contributed by atoms with van der Waals surface area (Å²) in [5.41, 5.74) is 0. The summed E-state index contributed by atoms with van der Waals surface area (Å²) in [6, 6.07) is 0. The molecular formula is C11H15N5O2. The fourth-order valence-electron chi connectivity index (χ4n) is 2.01. The van der Waals surface area contributed by atoms with E-state index in [1.165, 1.54) is 6.33 Å². The van der Waals surface area contributed by atoms with Gasteiger partial charge in [-0.3, -0.25) is 4.68 Å². The summed E-state index contributed by atoms with van der Waals surface area (Å²) in [4.78, 5) is 8.30. The molecule has 1 aliphatic rings. The van der Waals surface area contributed by atoms with Gasteiger partial charge in [-0.25, -0.2) is 4.98 Å². The largest absolute Gasteiger partial charge is 0.381 e. The zero-order chi connectivity index (χ0) is 12.2. The first-order valence-electron chi connectivity index (χ1n) is 6.14. The van der Waals surface area contributed by atoms with E-state index in [-0.39, 0.29) is 0 Å². The van der Waals surface area contributed by atoms with Gasteiger partial charge in [0.05, 0.1) is 6.61 Å². The van der Waals surface area contributed by atoms with Crippen LogP contribution in [0.2, 0.25) is 0 Å². The second-order valence-corrected chi connectivity index (χ2v) is 4.37. The molecule has 0 radical (unpaired) electrons. The zero-order valence-electron chi connectivity index (χ0n) is 10.0. The molecule has 2 aromatic heterocycles. The van der Waals surface area contributed by atoms with E-state index in [9.17, 15) is 0 Å². The maximum atomic E-state index is 5.31. The van der Waals surface area contributed by atoms with Gasteiger partial charge in [0.1, 0.15) is 12.7 Å². The van der Waals surface area contributed by atoms with Gasteiger partial charge in [-0.15, -0.1) is 0 Å². The summed E-state index contributed by atoms with van der Waals surface area (Å²) in [5, 5.41) is 8.05. The van der Waals surface area contributed by atoms with Crippen LogP contribution in [0.25, 0.3) is 0 Å². The Morgan fingerprint density at radius 3 is 3.22 bits per heavy atom. The number of rotatable bonds is 5. The summed E-state index contributed by atoms with van der Waals surface area (Å²) >= 11 is 0. The van der Waals surface area contributed by atoms with E-state index in [0.29, 0.717) is 18.4 Å². The van der Waals surface area contributed by atoms with Crippen molar-refractivity contribution in [3.05, 3.63) is 24.4 Å². The highest BCUT2D eigenvalue weighted by Crippen LogP contribution is 2.22. The van der Waals surface area contributed by atoms with Crippen LogP contribution in [0.5, 0.6) is 0 Å². The van der Waals surface area contributed by atoms with Gasteiger partial charge in [-0.2, -0.15) is 10.1 Å². The maximum absolute atomic E-state index is 5.31. The average molecular weight is 249 g/mol. The quantitative estimate of drug-likeness (QED) is 0.779. The van der Waals surface area contributed by atoms with Gasteiger partial charge in [0, 0.05) is 25.5 Å². The maximum Gasteiger partial charge on any atom is 0.226 e. The average Bonchev–Trinajstić information content (AvgIpc) is 3.12. The predicted octanol–water partition coefficient (Wildman–Crippen LogP) is 0.798. The summed E-state index contributed by atoms with van der Waals surface area (Å²) in [6.07, 6.45) is 5.89. The number of nitrogens with zero attached hydrogens (tertiary/aromatic N) is 5. The van der Waals surface area contributed by atoms with Gasteiger partial charge in [0.2, 0.25) is 5.89 Å². The van der Waals surface area contributed by atoms with Gasteiger partial charge in [0.15, 0.2) is 5.82 Å². The Morgan fingerprint density at radius 2 is 2.44 bits per heavy atom. The molecule has 0 saturated carbocycles. The van der Waals surface area contributed by atoms with E-state index >= 15 is 0 Å². The first-order valence-corrected chi connectivity index (χ1v) is 6.14. The first kappa shape index (κ1) is 11.3. The highest BCUT2D eigenvalue weighted by atomic mass is 16.5. The Bertz CT molecular complexity index is 475. The Hall–Kier alpha value is -1.76. The Kier molecular flexibility index (Phi) is 3.31. The van der Waals surface area contributed by atoms with Crippen LogP contribution in [0, 0.1) is 0 Å². The van der Waals surface area contributed by atoms with Gasteiger partial charge in [-0.05, 0) is 12.8 Å². The fraction of sp³-hybridized carbons (Fsp3) is 0.636. The van der Waals surface area contributed by atoms with Crippen LogP contribution in [-0.4, -0.2) is 38.1 Å². The molecule has 96 valence electrons. The van der Waals surface area contributed by atoms with E-state index < -0.39 is 0 Å². The molecule has 1 unspecified atom stereocenters. The van der Waals surface area contributed by atoms with Crippen molar-refractivity contribution in [2.45, 2.75) is 31.7 Å². The van der Waals surface area contributed by atoms with E-state index in [2.05, 4.69) is 20.2 Å². The third kappa shape index (κ3) is 2.56. The lowest BCUT2D eigenvalue weighted by Crippen LogP contribution is -2.01. The van der Waals surface area contributed by atoms with Crippen LogP contribution >= 0.6 is 0 Å². The minimum atomic E-state index is 0.304. The van der Waals surface area contributed by atoms with E-state index in [1.54, 1.807) is 11.0 Å². The number of aromatic nitrogens is 5. The predicted molar refractivity (Wildman–Crippen MR) is 60.8 cm³/mol. The van der Waals surface area contributed by atoms with Crippen molar-refractivity contribution in [2.24, 2.45) is 0 Å². The molecule has 1 saturated heterocycles. The topological polar surface area (TPSA) is 78.9 Å². The van der Waals surface area contributed by atoms with Gasteiger partial charge >= 0.3 is 0 Å². The Balaban J connectivity index is 1.50. The number of aryl methyl sites for hydroxylation is 2. The second-order valence-electron chi connectivity index (χ2n) is 4.37. The van der Waals surface area contributed by atoms with Crippen molar-refractivity contribution in [1.29, 1.82) is 0 Å². The van der Waals surface area contributed by atoms with E-state index in [4.69, 9.17) is 9.26 Å². The normalized spacial score (nSPS) is 19.4. The summed E-state index contributed by atoms with van der Waals surface area (Å²) < 4.78 is 12.3. The van der Waals surface area contributed by atoms with Gasteiger partial charge in [0.25, 0.3) is 0 Å². The minimum absolute atomic E-state index is 0.304. The summed E-state index contributed by atoms with van der Waals surface area (Å²) in [7, 11) is 0. The van der Waals surface area contributed by atoms with Crippen LogP contribution in [0.1, 0.15) is 30.5 Å². The van der Waals surface area contributed by atoms with Crippen molar-refractivity contribution in [1.82, 2.24) is 24.9 Å². The molecule has 7 nitrogen and oxygen atoms in total. The van der Waals surface area contributed by atoms with Crippen molar-refractivity contribution in [2.75, 3.05) is 13.2 Å². The highest BCUT2D eigenvalue weighted by molar-refractivity contribution is 4.97. The lowest BCUT2D eigenvalue weighted by atomic mass is 10.1. The third-order valence-electron chi connectivity index (χ3n) is 3.02. The van der Waals surface area contributed by atoms with Crippen LogP contribution in [0.15, 0.2) is 17.2 Å². The van der Waals surface area contributed by atoms with Crippen LogP contribution < -0.4 is 0 Å². The van der Waals surface area contributed by atoms with Crippen LogP contribution in [0.4, 0.5) is 0 Å². The number of ether oxygens (including phenoxy) is 1. The molecule has 0 aromatic carbocycles. The molecule has 0 N–H and O–H groups in total. The van der Waals surface area contributed by atoms with E-state index in [1.807, 2.05) is 0 Å². The fourth-order valence-corrected chi connectivity index (χ4v) is 2.01. The molecule has 2 aromatic rings. The zero-order valence-corrected chi connectivity index (χ0v) is 10.0. The van der Waals surface area contributed by atoms with Gasteiger partial charge in [-0.1, -0.05) is 5.16 Å². The van der Waals surface area contributed by atoms with Crippen molar-refractivity contribution in [3.8, 4) is 0 Å². The summed E-state index contributed by atoms with van der Waals surface area (Å²) in [5.74, 6) is 1.78. The molecular weight excluding hydrogens is 234 g/mol. The monoisotopic (exact) mass is 249 g/mol. The first-order chi connectivity index (χ1) is 8.92. The standard InChI is InChI=1S/C11H15N5O2/c1(4-16-8-12-7-13-16)2-10-14-11(15-18-10)9-3-5-17-6-9/h7-9H,1-6H2. The second kappa shape index (κ2) is 5.26. The SMILES string of the molecule is c1ncn(CCCc2nc(C3CCOC3)no2)n1. The molecule has 0 bridgehead atoms. The minimum Gasteiger partial charge on any atom is -0.381 e. The lowest BCUT2D eigenvalue weighted by molar-refractivity contribution is 0.192. The molecule has 0 amide bonds. The van der Waals surface area contributed by atoms with Crippen LogP contribution in [0.3, 0.4) is 0 Å². The molecule has 1 atom stereocenters. The number of hydrogen-bond donors (Lipinski definition) is 0. The molecule has 18 heavy (non-hydrogen) atoms. The molecule has 3 rings (SSSR count). The van der Waals surface area contributed by atoms with Crippen molar-refractivity contribution < 1.29 is 9.26 Å². The number of hydrogen-bond acceptors (Lipinski definition) is 6. The van der Waals surface area contributed by atoms with Crippen LogP contribution in [-0.2, 0) is 17.7 Å². The highest BCUT2D eigenvalue weighted by Gasteiger charge is 2.22. The van der Waals surface area contributed by atoms with Crippen molar-refractivity contribution in [3.63, 3.8) is 0 Å². The Morgan fingerprint density at radius 1 is 1.44 bits per heavy atom. The van der Waals surface area contributed by atoms with Crippen molar-refractivity contribution >= 4 is 0 Å².